The van der Waals surface area contributed by atoms with Crippen molar-refractivity contribution in [3.8, 4) is 39.1 Å². The van der Waals surface area contributed by atoms with Crippen molar-refractivity contribution in [3.05, 3.63) is 223 Å². The van der Waals surface area contributed by atoms with Gasteiger partial charge in [0.2, 0.25) is 0 Å². The molecular weight excluding hydrogens is 1090 g/mol. The molecule has 3 saturated carbocycles. The van der Waals surface area contributed by atoms with E-state index < -0.39 is 0 Å². The van der Waals surface area contributed by atoms with Gasteiger partial charge >= 0.3 is 0 Å². The zero-order chi connectivity index (χ0) is 55.4. The molecule has 2 aliphatic heterocycles. The third kappa shape index (κ3) is 8.13. The van der Waals surface area contributed by atoms with Gasteiger partial charge in [-0.05, 0) is 142 Å². The van der Waals surface area contributed by atoms with Crippen LogP contribution in [-0.4, -0.2) is 17.3 Å². The zero-order valence-electron chi connectivity index (χ0n) is 47.6. The Morgan fingerprint density at radius 2 is 0.964 bits per heavy atom. The van der Waals surface area contributed by atoms with E-state index in [0.717, 1.165) is 43.9 Å². The number of rotatable bonds is 8. The Morgan fingerprint density at radius 3 is 1.63 bits per heavy atom. The third-order valence-electron chi connectivity index (χ3n) is 20.8. The van der Waals surface area contributed by atoms with Crippen LogP contribution in [0.15, 0.2) is 227 Å². The van der Waals surface area contributed by atoms with E-state index >= 15 is 0 Å². The van der Waals surface area contributed by atoms with Gasteiger partial charge in [0.25, 0.3) is 6.71 Å². The van der Waals surface area contributed by atoms with Crippen molar-refractivity contribution in [1.29, 1.82) is 0 Å². The molecule has 4 heterocycles. The van der Waals surface area contributed by atoms with E-state index in [0.29, 0.717) is 17.9 Å². The first-order chi connectivity index (χ1) is 41.6. The first-order valence-corrected chi connectivity index (χ1v) is 32.3. The molecule has 410 valence electrons. The van der Waals surface area contributed by atoms with Gasteiger partial charge in [0.1, 0.15) is 11.2 Å². The summed E-state index contributed by atoms with van der Waals surface area (Å²) in [5, 5.41) is 4.83. The lowest BCUT2D eigenvalue weighted by Crippen LogP contribution is -2.64. The lowest BCUT2D eigenvalue weighted by atomic mass is 9.33. The molecule has 0 bridgehead atoms. The molecule has 3 fully saturated rings. The first kappa shape index (κ1) is 50.5. The average molecular weight is 1150 g/mol. The number of furan rings is 1. The molecule has 4 nitrogen and oxygen atoms in total. The van der Waals surface area contributed by atoms with Crippen LogP contribution in [0.2, 0.25) is 0 Å². The number of benzene rings is 10. The number of fused-ring (bicyclic) bond motifs is 10. The second-order valence-electron chi connectivity index (χ2n) is 25.2. The normalized spacial score (nSPS) is 19.1. The van der Waals surface area contributed by atoms with Crippen LogP contribution in [0.3, 0.4) is 0 Å². The van der Waals surface area contributed by atoms with Crippen LogP contribution >= 0.6 is 15.9 Å². The SMILES string of the molecule is Brc1ccc2c(c1)N(C1C(C3CCCCC3)CCCC1C1CCCCC1)c1cc(-c3ccc4oc5ccccc5c4c3)cc3c1B2c1ccc(-n2c4ccccc4c4ccccc42)cc1N3c1c(-c2ccccc2)cccc1-c1ccccc1. The Hall–Kier alpha value is -8.06. The fourth-order valence-corrected chi connectivity index (χ4v) is 17.6. The van der Waals surface area contributed by atoms with E-state index in [1.807, 2.05) is 0 Å². The van der Waals surface area contributed by atoms with E-state index in [1.54, 1.807) is 0 Å². The summed E-state index contributed by atoms with van der Waals surface area (Å²) in [5.74, 6) is 2.65. The minimum atomic E-state index is -0.0453. The van der Waals surface area contributed by atoms with Crippen molar-refractivity contribution >= 4 is 111 Å². The Morgan fingerprint density at radius 1 is 0.393 bits per heavy atom. The molecule has 3 aliphatic carbocycles. The summed E-state index contributed by atoms with van der Waals surface area (Å²) < 4.78 is 10.2. The van der Waals surface area contributed by atoms with Crippen molar-refractivity contribution in [1.82, 2.24) is 4.57 Å². The van der Waals surface area contributed by atoms with Crippen LogP contribution in [0.25, 0.3) is 82.8 Å². The van der Waals surface area contributed by atoms with Gasteiger partial charge in [0.15, 0.2) is 0 Å². The molecule has 12 aromatic rings. The van der Waals surface area contributed by atoms with Crippen LogP contribution in [0, 0.1) is 23.7 Å². The van der Waals surface area contributed by atoms with E-state index in [2.05, 4.69) is 249 Å². The number of hydrogen-bond donors (Lipinski definition) is 0. The average Bonchev–Trinajstić information content (AvgIpc) is 1.68. The Labute approximate surface area is 502 Å². The zero-order valence-corrected chi connectivity index (χ0v) is 49.2. The maximum absolute atomic E-state index is 6.58. The van der Waals surface area contributed by atoms with Gasteiger partial charge in [-0.3, -0.25) is 0 Å². The van der Waals surface area contributed by atoms with E-state index in [-0.39, 0.29) is 6.71 Å². The fourth-order valence-electron chi connectivity index (χ4n) is 17.2. The first-order valence-electron chi connectivity index (χ1n) is 31.5. The summed E-state index contributed by atoms with van der Waals surface area (Å²) >= 11 is 4.18. The molecule has 0 spiro atoms. The van der Waals surface area contributed by atoms with Gasteiger partial charge in [0.05, 0.1) is 16.7 Å². The summed E-state index contributed by atoms with van der Waals surface area (Å²) in [4.78, 5) is 5.79. The maximum Gasteiger partial charge on any atom is 0.252 e. The highest BCUT2D eigenvalue weighted by Gasteiger charge is 2.51. The lowest BCUT2D eigenvalue weighted by Gasteiger charge is -2.55. The van der Waals surface area contributed by atoms with E-state index in [9.17, 15) is 0 Å². The highest BCUT2D eigenvalue weighted by atomic mass is 79.9. The highest BCUT2D eigenvalue weighted by Crippen LogP contribution is 2.55. The molecule has 10 aromatic carbocycles. The summed E-state index contributed by atoms with van der Waals surface area (Å²) in [6.45, 7) is -0.0453. The van der Waals surface area contributed by atoms with Gasteiger partial charge < -0.3 is 18.8 Å². The maximum atomic E-state index is 6.58. The van der Waals surface area contributed by atoms with Crippen LogP contribution in [0.1, 0.15) is 83.5 Å². The molecule has 2 atom stereocenters. The van der Waals surface area contributed by atoms with Crippen LogP contribution in [0.4, 0.5) is 28.4 Å². The Bertz CT molecular complexity index is 4370. The number of nitrogens with zero attached hydrogens (tertiary/aromatic N) is 3. The predicted molar refractivity (Wildman–Crippen MR) is 358 cm³/mol. The van der Waals surface area contributed by atoms with Gasteiger partial charge in [0, 0.05) is 71.6 Å². The molecule has 5 aliphatic rings. The molecule has 0 amide bonds. The van der Waals surface area contributed by atoms with Crippen LogP contribution in [-0.2, 0) is 0 Å². The number of para-hydroxylation sites is 4. The third-order valence-corrected chi connectivity index (χ3v) is 21.3. The lowest BCUT2D eigenvalue weighted by molar-refractivity contribution is 0.0839. The van der Waals surface area contributed by atoms with Crippen molar-refractivity contribution in [2.75, 3.05) is 9.80 Å². The van der Waals surface area contributed by atoms with Crippen molar-refractivity contribution in [2.24, 2.45) is 23.7 Å². The van der Waals surface area contributed by atoms with Gasteiger partial charge in [-0.2, -0.15) is 0 Å². The minimum absolute atomic E-state index is 0.0453. The molecule has 17 rings (SSSR count). The van der Waals surface area contributed by atoms with Crippen LogP contribution in [0.5, 0.6) is 0 Å². The molecule has 2 aromatic heterocycles. The molecular formula is C78H67BBrN3O. The van der Waals surface area contributed by atoms with Crippen molar-refractivity contribution in [2.45, 2.75) is 89.5 Å². The quantitative estimate of drug-likeness (QED) is 0.142. The molecule has 84 heavy (non-hydrogen) atoms. The largest absolute Gasteiger partial charge is 0.456 e. The molecule has 0 radical (unpaired) electrons. The summed E-state index contributed by atoms with van der Waals surface area (Å²) in [6.07, 6.45) is 17.5. The summed E-state index contributed by atoms with van der Waals surface area (Å²) in [5.41, 5.74) is 23.2. The van der Waals surface area contributed by atoms with Crippen LogP contribution < -0.4 is 26.2 Å². The fraction of sp³-hybridized carbons (Fsp3) is 0.231. The van der Waals surface area contributed by atoms with Crippen molar-refractivity contribution < 1.29 is 4.42 Å². The summed E-state index contributed by atoms with van der Waals surface area (Å²) in [6, 6.07) is 83.4. The number of anilines is 5. The number of halogens is 1. The van der Waals surface area contributed by atoms with Crippen molar-refractivity contribution in [3.63, 3.8) is 0 Å². The minimum Gasteiger partial charge on any atom is -0.456 e. The topological polar surface area (TPSA) is 24.6 Å². The smallest absolute Gasteiger partial charge is 0.252 e. The second-order valence-corrected chi connectivity index (χ2v) is 26.1. The monoisotopic (exact) mass is 1150 g/mol. The molecule has 0 saturated heterocycles. The molecule has 6 heteroatoms. The predicted octanol–water partition coefficient (Wildman–Crippen LogP) is 20.1. The summed E-state index contributed by atoms with van der Waals surface area (Å²) in [7, 11) is 0. The Balaban J connectivity index is 1.01. The number of aromatic nitrogens is 1. The molecule has 2 unspecified atom stereocenters. The highest BCUT2D eigenvalue weighted by molar-refractivity contribution is 9.10. The molecule has 0 N–H and O–H groups in total. The standard InChI is InChI=1S/C78H67BBrN3O/c80-56-40-42-66-70(48-56)82(77-58(50-21-5-1-6-22-50)32-19-33-59(77)51-23-7-2-8-24-51)72-46-55(54-39-44-75-65(45-54)64-31-15-18-38-74(64)84-75)47-73-76(72)79(66)67-43-41-57(81-68-36-16-13-29-62(68)63-30-14-17-37-69(63)81)49-71(67)83(73)78-60(52-25-9-3-10-26-52)34-20-35-61(78)53-27-11-4-12-28-53/h3-4,9-18,20,25-31,34-51,58-59,77H,1-2,5-8,19,21-24,32-33H2. The number of hydrogen-bond acceptors (Lipinski definition) is 3. The van der Waals surface area contributed by atoms with E-state index in [4.69, 9.17) is 4.42 Å². The second kappa shape index (κ2) is 20.6. The van der Waals surface area contributed by atoms with Gasteiger partial charge in [-0.1, -0.05) is 238 Å². The van der Waals surface area contributed by atoms with E-state index in [1.165, 1.54) is 183 Å². The van der Waals surface area contributed by atoms with Gasteiger partial charge in [-0.15, -0.1) is 0 Å². The Kier molecular flexibility index (Phi) is 12.4. The van der Waals surface area contributed by atoms with Gasteiger partial charge in [-0.25, -0.2) is 0 Å².